The van der Waals surface area contributed by atoms with Crippen LogP contribution in [0, 0.1) is 12.7 Å². The Morgan fingerprint density at radius 2 is 2.00 bits per heavy atom. The molecule has 0 aliphatic carbocycles. The Balaban J connectivity index is 2.07. The summed E-state index contributed by atoms with van der Waals surface area (Å²) in [6.07, 6.45) is 0. The van der Waals surface area contributed by atoms with Gasteiger partial charge in [-0.15, -0.1) is 11.8 Å². The van der Waals surface area contributed by atoms with Crippen molar-refractivity contribution < 1.29 is 9.13 Å². The number of hydrogen-bond acceptors (Lipinski definition) is 3. The molecule has 0 fully saturated rings. The molecule has 2 rings (SSSR count). The summed E-state index contributed by atoms with van der Waals surface area (Å²) in [7, 11) is 1.53. The first-order valence-electron chi connectivity index (χ1n) is 5.91. The lowest BCUT2D eigenvalue weighted by molar-refractivity contribution is 0.411. The summed E-state index contributed by atoms with van der Waals surface area (Å²) < 4.78 is 18.8. The Morgan fingerprint density at radius 1 is 1.21 bits per heavy atom. The first-order chi connectivity index (χ1) is 9.10. The Morgan fingerprint density at radius 3 is 2.63 bits per heavy atom. The Hall–Kier alpha value is -1.68. The second-order valence-electron chi connectivity index (χ2n) is 4.26. The van der Waals surface area contributed by atoms with E-state index in [1.54, 1.807) is 23.9 Å². The smallest absolute Gasteiger partial charge is 0.130 e. The largest absolute Gasteiger partial charge is 0.497 e. The van der Waals surface area contributed by atoms with E-state index in [0.29, 0.717) is 17.1 Å². The Labute approximate surface area is 116 Å². The van der Waals surface area contributed by atoms with E-state index >= 15 is 0 Å². The van der Waals surface area contributed by atoms with Crippen LogP contribution in [0.25, 0.3) is 0 Å². The molecule has 0 aliphatic rings. The number of aryl methyl sites for hydroxylation is 1. The quantitative estimate of drug-likeness (QED) is 0.677. The maximum absolute atomic E-state index is 13.8. The summed E-state index contributed by atoms with van der Waals surface area (Å²) in [6.45, 7) is 1.97. The van der Waals surface area contributed by atoms with Crippen molar-refractivity contribution in [1.82, 2.24) is 0 Å². The second-order valence-corrected chi connectivity index (χ2v) is 5.31. The molecular weight excluding hydrogens is 261 g/mol. The van der Waals surface area contributed by atoms with Crippen molar-refractivity contribution in [2.45, 2.75) is 17.6 Å². The summed E-state index contributed by atoms with van der Waals surface area (Å²) in [5, 5.41) is 0. The predicted molar refractivity (Wildman–Crippen MR) is 78.1 cm³/mol. The van der Waals surface area contributed by atoms with Crippen LogP contribution in [0.4, 0.5) is 10.1 Å². The van der Waals surface area contributed by atoms with Crippen molar-refractivity contribution in [2.75, 3.05) is 12.8 Å². The number of methoxy groups -OCH3 is 1. The van der Waals surface area contributed by atoms with Gasteiger partial charge in [-0.25, -0.2) is 4.39 Å². The Bertz CT molecular complexity index is 586. The van der Waals surface area contributed by atoms with E-state index in [9.17, 15) is 4.39 Å². The highest BCUT2D eigenvalue weighted by Gasteiger charge is 2.05. The van der Waals surface area contributed by atoms with Crippen molar-refractivity contribution in [1.29, 1.82) is 0 Å². The standard InChI is InChI=1S/C15H16FNOS/c1-10-7-13(5-6-15(10)17)19-9-11-3-4-12(18-2)8-14(11)16/h3-8H,9,17H2,1-2H3. The number of nitrogens with two attached hydrogens (primary N) is 1. The monoisotopic (exact) mass is 277 g/mol. The van der Waals surface area contributed by atoms with Crippen molar-refractivity contribution in [3.8, 4) is 5.75 Å². The van der Waals surface area contributed by atoms with E-state index in [0.717, 1.165) is 16.1 Å². The van der Waals surface area contributed by atoms with E-state index < -0.39 is 0 Å². The van der Waals surface area contributed by atoms with Crippen molar-refractivity contribution in [3.63, 3.8) is 0 Å². The van der Waals surface area contributed by atoms with E-state index in [2.05, 4.69) is 0 Å². The fourth-order valence-electron chi connectivity index (χ4n) is 1.67. The van der Waals surface area contributed by atoms with Crippen molar-refractivity contribution in [2.24, 2.45) is 0 Å². The summed E-state index contributed by atoms with van der Waals surface area (Å²) in [6, 6.07) is 10.8. The number of ether oxygens (including phenoxy) is 1. The number of nitrogen functional groups attached to an aromatic ring is 1. The van der Waals surface area contributed by atoms with E-state index in [1.807, 2.05) is 25.1 Å². The van der Waals surface area contributed by atoms with E-state index in [4.69, 9.17) is 10.5 Å². The maximum atomic E-state index is 13.8. The third-order valence-corrected chi connectivity index (χ3v) is 3.94. The molecule has 4 heteroatoms. The predicted octanol–water partition coefficient (Wildman–Crippen LogP) is 4.02. The molecule has 100 valence electrons. The fourth-order valence-corrected chi connectivity index (χ4v) is 2.65. The molecule has 0 amide bonds. The molecule has 2 nitrogen and oxygen atoms in total. The summed E-state index contributed by atoms with van der Waals surface area (Å²) in [5.74, 6) is 0.882. The van der Waals surface area contributed by atoms with Gasteiger partial charge < -0.3 is 10.5 Å². The van der Waals surface area contributed by atoms with Crippen LogP contribution in [0.15, 0.2) is 41.3 Å². The number of anilines is 1. The van der Waals surface area contributed by atoms with Gasteiger partial charge in [0.05, 0.1) is 7.11 Å². The van der Waals surface area contributed by atoms with Gasteiger partial charge >= 0.3 is 0 Å². The molecule has 19 heavy (non-hydrogen) atoms. The zero-order valence-corrected chi connectivity index (χ0v) is 11.8. The van der Waals surface area contributed by atoms with Gasteiger partial charge in [-0.1, -0.05) is 6.07 Å². The number of benzene rings is 2. The SMILES string of the molecule is COc1ccc(CSc2ccc(N)c(C)c2)c(F)c1. The topological polar surface area (TPSA) is 35.2 Å². The van der Waals surface area contributed by atoms with Crippen LogP contribution in [-0.4, -0.2) is 7.11 Å². The van der Waals surface area contributed by atoms with Gasteiger partial charge in [0, 0.05) is 22.4 Å². The zero-order valence-electron chi connectivity index (χ0n) is 10.9. The molecule has 2 N–H and O–H groups in total. The normalized spacial score (nSPS) is 10.5. The molecular formula is C15H16FNOS. The minimum absolute atomic E-state index is 0.237. The van der Waals surface area contributed by atoms with Gasteiger partial charge in [-0.3, -0.25) is 0 Å². The highest BCUT2D eigenvalue weighted by Crippen LogP contribution is 2.27. The zero-order chi connectivity index (χ0) is 13.8. The van der Waals surface area contributed by atoms with Gasteiger partial charge in [0.2, 0.25) is 0 Å². The summed E-state index contributed by atoms with van der Waals surface area (Å²) in [4.78, 5) is 1.09. The molecule has 0 saturated carbocycles. The number of rotatable bonds is 4. The molecule has 0 aromatic heterocycles. The molecule has 0 bridgehead atoms. The van der Waals surface area contributed by atoms with E-state index in [-0.39, 0.29) is 5.82 Å². The lowest BCUT2D eigenvalue weighted by Gasteiger charge is -2.07. The first kappa shape index (κ1) is 13.7. The molecule has 0 unspecified atom stereocenters. The number of hydrogen-bond donors (Lipinski definition) is 1. The minimum atomic E-state index is -0.237. The lowest BCUT2D eigenvalue weighted by atomic mass is 10.2. The lowest BCUT2D eigenvalue weighted by Crippen LogP contribution is -1.91. The molecule has 0 aliphatic heterocycles. The van der Waals surface area contributed by atoms with Gasteiger partial charge in [0.15, 0.2) is 0 Å². The third-order valence-electron chi connectivity index (χ3n) is 2.90. The first-order valence-corrected chi connectivity index (χ1v) is 6.90. The van der Waals surface area contributed by atoms with Gasteiger partial charge in [0.25, 0.3) is 0 Å². The van der Waals surface area contributed by atoms with Crippen LogP contribution >= 0.6 is 11.8 Å². The molecule has 0 spiro atoms. The van der Waals surface area contributed by atoms with Gasteiger partial charge in [0.1, 0.15) is 11.6 Å². The Kier molecular flexibility index (Phi) is 4.32. The minimum Gasteiger partial charge on any atom is -0.497 e. The molecule has 0 radical (unpaired) electrons. The molecule has 0 heterocycles. The van der Waals surface area contributed by atoms with Crippen molar-refractivity contribution in [3.05, 3.63) is 53.3 Å². The molecule has 0 atom stereocenters. The van der Waals surface area contributed by atoms with Crippen LogP contribution < -0.4 is 10.5 Å². The number of thioether (sulfide) groups is 1. The highest BCUT2D eigenvalue weighted by atomic mass is 32.2. The molecule has 0 saturated heterocycles. The molecule has 2 aromatic carbocycles. The third kappa shape index (κ3) is 3.41. The van der Waals surface area contributed by atoms with Gasteiger partial charge in [-0.2, -0.15) is 0 Å². The summed E-state index contributed by atoms with van der Waals surface area (Å²) in [5.41, 5.74) is 8.26. The average Bonchev–Trinajstić information content (AvgIpc) is 2.41. The van der Waals surface area contributed by atoms with E-state index in [1.165, 1.54) is 13.2 Å². The van der Waals surface area contributed by atoms with Crippen LogP contribution in [0.2, 0.25) is 0 Å². The van der Waals surface area contributed by atoms with Crippen LogP contribution in [0.3, 0.4) is 0 Å². The number of halogens is 1. The van der Waals surface area contributed by atoms with Crippen LogP contribution in [0.5, 0.6) is 5.75 Å². The maximum Gasteiger partial charge on any atom is 0.130 e. The van der Waals surface area contributed by atoms with Crippen LogP contribution in [0.1, 0.15) is 11.1 Å². The average molecular weight is 277 g/mol. The highest BCUT2D eigenvalue weighted by molar-refractivity contribution is 7.98. The molecule has 2 aromatic rings. The summed E-state index contributed by atoms with van der Waals surface area (Å²) >= 11 is 1.59. The fraction of sp³-hybridized carbons (Fsp3) is 0.200. The van der Waals surface area contributed by atoms with Crippen LogP contribution in [-0.2, 0) is 5.75 Å². The second kappa shape index (κ2) is 5.97. The van der Waals surface area contributed by atoms with Crippen molar-refractivity contribution >= 4 is 17.4 Å². The van der Waals surface area contributed by atoms with Gasteiger partial charge in [-0.05, 0) is 42.3 Å².